The first-order valence-corrected chi connectivity index (χ1v) is 3.77. The van der Waals surface area contributed by atoms with E-state index >= 15 is 0 Å². The molecule has 0 heterocycles. The summed E-state index contributed by atoms with van der Waals surface area (Å²) >= 11 is 0. The van der Waals surface area contributed by atoms with Crippen LogP contribution in [-0.2, 0) is 0 Å². The molecular weight excluding hydrogens is 181 g/mol. The summed E-state index contributed by atoms with van der Waals surface area (Å²) in [6.07, 6.45) is -2.58. The minimum absolute atomic E-state index is 0.125. The molecule has 0 atom stereocenters. The maximum absolute atomic E-state index is 13.1. The van der Waals surface area contributed by atoms with Gasteiger partial charge in [-0.2, -0.15) is 0 Å². The van der Waals surface area contributed by atoms with E-state index in [1.807, 2.05) is 0 Å². The SMILES string of the molecule is Cc1cccc(OCC(F)F)c1F. The van der Waals surface area contributed by atoms with Crippen LogP contribution in [-0.4, -0.2) is 13.0 Å². The number of ether oxygens (including phenoxy) is 1. The van der Waals surface area contributed by atoms with Gasteiger partial charge < -0.3 is 4.74 Å². The predicted octanol–water partition coefficient (Wildman–Crippen LogP) is 2.78. The zero-order valence-corrected chi connectivity index (χ0v) is 7.06. The lowest BCUT2D eigenvalue weighted by molar-refractivity contribution is 0.0798. The van der Waals surface area contributed by atoms with Gasteiger partial charge in [0.05, 0.1) is 0 Å². The van der Waals surface area contributed by atoms with Crippen molar-refractivity contribution in [3.63, 3.8) is 0 Å². The molecule has 1 aromatic carbocycles. The molecule has 0 unspecified atom stereocenters. The molecule has 0 radical (unpaired) electrons. The lowest BCUT2D eigenvalue weighted by Gasteiger charge is -2.07. The summed E-state index contributed by atoms with van der Waals surface area (Å²) in [6.45, 7) is 0.769. The Morgan fingerprint density at radius 2 is 2.08 bits per heavy atom. The maximum Gasteiger partial charge on any atom is 0.272 e. The zero-order chi connectivity index (χ0) is 9.84. The van der Waals surface area contributed by atoms with E-state index in [0.717, 1.165) is 0 Å². The Morgan fingerprint density at radius 1 is 1.38 bits per heavy atom. The van der Waals surface area contributed by atoms with Gasteiger partial charge in [0.1, 0.15) is 6.61 Å². The summed E-state index contributed by atoms with van der Waals surface area (Å²) < 4.78 is 41.0. The minimum atomic E-state index is -2.58. The third kappa shape index (κ3) is 2.65. The van der Waals surface area contributed by atoms with Gasteiger partial charge in [0.25, 0.3) is 6.43 Å². The highest BCUT2D eigenvalue weighted by molar-refractivity contribution is 5.29. The van der Waals surface area contributed by atoms with Gasteiger partial charge in [0.2, 0.25) is 0 Å². The molecule has 0 saturated heterocycles. The molecule has 0 fully saturated rings. The molecule has 13 heavy (non-hydrogen) atoms. The van der Waals surface area contributed by atoms with Crippen molar-refractivity contribution in [3.8, 4) is 5.75 Å². The van der Waals surface area contributed by atoms with E-state index in [9.17, 15) is 13.2 Å². The summed E-state index contributed by atoms with van der Waals surface area (Å²) in [5, 5.41) is 0. The largest absolute Gasteiger partial charge is 0.485 e. The summed E-state index contributed by atoms with van der Waals surface area (Å²) in [7, 11) is 0. The molecule has 4 heteroatoms. The third-order valence-electron chi connectivity index (χ3n) is 1.52. The molecule has 0 spiro atoms. The third-order valence-corrected chi connectivity index (χ3v) is 1.52. The van der Waals surface area contributed by atoms with Crippen LogP contribution in [0.25, 0.3) is 0 Å². The van der Waals surface area contributed by atoms with E-state index in [-0.39, 0.29) is 5.75 Å². The van der Waals surface area contributed by atoms with Gasteiger partial charge in [-0.15, -0.1) is 0 Å². The van der Waals surface area contributed by atoms with Crippen LogP contribution >= 0.6 is 0 Å². The normalized spacial score (nSPS) is 10.5. The van der Waals surface area contributed by atoms with Gasteiger partial charge in [-0.05, 0) is 18.6 Å². The zero-order valence-electron chi connectivity index (χ0n) is 7.06. The van der Waals surface area contributed by atoms with Crippen LogP contribution < -0.4 is 4.74 Å². The van der Waals surface area contributed by atoms with Crippen LogP contribution in [0, 0.1) is 12.7 Å². The highest BCUT2D eigenvalue weighted by Gasteiger charge is 2.08. The number of hydrogen-bond acceptors (Lipinski definition) is 1. The van der Waals surface area contributed by atoms with Crippen LogP contribution in [0.1, 0.15) is 5.56 Å². The van der Waals surface area contributed by atoms with E-state index in [0.29, 0.717) is 5.56 Å². The number of halogens is 3. The highest BCUT2D eigenvalue weighted by atomic mass is 19.3. The first-order chi connectivity index (χ1) is 6.11. The fourth-order valence-electron chi connectivity index (χ4n) is 0.885. The summed E-state index contributed by atoms with van der Waals surface area (Å²) in [6, 6.07) is 4.43. The Labute approximate surface area is 74.1 Å². The second-order valence-corrected chi connectivity index (χ2v) is 2.59. The summed E-state index contributed by atoms with van der Waals surface area (Å²) in [4.78, 5) is 0. The summed E-state index contributed by atoms with van der Waals surface area (Å²) in [5.41, 5.74) is 0.381. The van der Waals surface area contributed by atoms with Gasteiger partial charge in [0.15, 0.2) is 11.6 Å². The van der Waals surface area contributed by atoms with Crippen molar-refractivity contribution >= 4 is 0 Å². The molecule has 0 aromatic heterocycles. The number of rotatable bonds is 3. The Bertz CT molecular complexity index is 286. The van der Waals surface area contributed by atoms with Crippen molar-refractivity contribution in [2.45, 2.75) is 13.3 Å². The van der Waals surface area contributed by atoms with Crippen LogP contribution in [0.5, 0.6) is 5.75 Å². The Balaban J connectivity index is 2.71. The van der Waals surface area contributed by atoms with Crippen LogP contribution in [0.4, 0.5) is 13.2 Å². The van der Waals surface area contributed by atoms with Gasteiger partial charge in [0, 0.05) is 0 Å². The van der Waals surface area contributed by atoms with E-state index in [1.165, 1.54) is 6.07 Å². The Hall–Kier alpha value is -1.19. The standard InChI is InChI=1S/C9H9F3O/c1-6-3-2-4-7(9(6)12)13-5-8(10)11/h2-4,8H,5H2,1H3. The number of alkyl halides is 2. The molecule has 0 saturated carbocycles. The number of aryl methyl sites for hydroxylation is 1. The molecule has 0 amide bonds. The smallest absolute Gasteiger partial charge is 0.272 e. The molecule has 1 aromatic rings. The monoisotopic (exact) mass is 190 g/mol. The van der Waals surface area contributed by atoms with Crippen LogP contribution in [0.15, 0.2) is 18.2 Å². The second-order valence-electron chi connectivity index (χ2n) is 2.59. The highest BCUT2D eigenvalue weighted by Crippen LogP contribution is 2.19. The topological polar surface area (TPSA) is 9.23 Å². The quantitative estimate of drug-likeness (QED) is 0.712. The van der Waals surface area contributed by atoms with E-state index in [1.54, 1.807) is 19.1 Å². The number of benzene rings is 1. The van der Waals surface area contributed by atoms with Crippen molar-refractivity contribution in [1.82, 2.24) is 0 Å². The van der Waals surface area contributed by atoms with Gasteiger partial charge in [-0.1, -0.05) is 12.1 Å². The molecule has 0 aliphatic rings. The lowest BCUT2D eigenvalue weighted by atomic mass is 10.2. The first kappa shape index (κ1) is 9.89. The molecule has 0 bridgehead atoms. The van der Waals surface area contributed by atoms with E-state index < -0.39 is 18.8 Å². The maximum atomic E-state index is 13.1. The van der Waals surface area contributed by atoms with Crippen LogP contribution in [0.2, 0.25) is 0 Å². The van der Waals surface area contributed by atoms with Gasteiger partial charge >= 0.3 is 0 Å². The van der Waals surface area contributed by atoms with Gasteiger partial charge in [-0.25, -0.2) is 13.2 Å². The molecular formula is C9H9F3O. The van der Waals surface area contributed by atoms with Crippen molar-refractivity contribution in [2.24, 2.45) is 0 Å². The van der Waals surface area contributed by atoms with Crippen molar-refractivity contribution in [2.75, 3.05) is 6.61 Å². The van der Waals surface area contributed by atoms with Crippen molar-refractivity contribution in [1.29, 1.82) is 0 Å². The number of hydrogen-bond donors (Lipinski definition) is 0. The van der Waals surface area contributed by atoms with E-state index in [2.05, 4.69) is 4.74 Å². The van der Waals surface area contributed by atoms with Crippen molar-refractivity contribution < 1.29 is 17.9 Å². The average Bonchev–Trinajstić information content (AvgIpc) is 2.07. The Morgan fingerprint density at radius 3 is 2.69 bits per heavy atom. The lowest BCUT2D eigenvalue weighted by Crippen LogP contribution is -2.08. The van der Waals surface area contributed by atoms with Crippen LogP contribution in [0.3, 0.4) is 0 Å². The van der Waals surface area contributed by atoms with Gasteiger partial charge in [-0.3, -0.25) is 0 Å². The molecule has 1 rings (SSSR count). The first-order valence-electron chi connectivity index (χ1n) is 3.77. The summed E-state index contributed by atoms with van der Waals surface area (Å²) in [5.74, 6) is -0.705. The average molecular weight is 190 g/mol. The minimum Gasteiger partial charge on any atom is -0.485 e. The fraction of sp³-hybridized carbons (Fsp3) is 0.333. The predicted molar refractivity (Wildman–Crippen MR) is 42.6 cm³/mol. The Kier molecular flexibility index (Phi) is 3.17. The molecule has 0 aliphatic carbocycles. The van der Waals surface area contributed by atoms with E-state index in [4.69, 9.17) is 0 Å². The molecule has 0 N–H and O–H groups in total. The molecule has 72 valence electrons. The molecule has 0 aliphatic heterocycles. The van der Waals surface area contributed by atoms with Crippen molar-refractivity contribution in [3.05, 3.63) is 29.6 Å². The second kappa shape index (κ2) is 4.16. The fourth-order valence-corrected chi connectivity index (χ4v) is 0.885. The molecule has 1 nitrogen and oxygen atoms in total.